The summed E-state index contributed by atoms with van der Waals surface area (Å²) in [6, 6.07) is 11.5. The monoisotopic (exact) mass is 325 g/mol. The molecule has 3 rings (SSSR count). The van der Waals surface area contributed by atoms with E-state index in [2.05, 4.69) is 0 Å². The van der Waals surface area contributed by atoms with E-state index in [9.17, 15) is 19.7 Å². The molecule has 3 amide bonds. The van der Waals surface area contributed by atoms with Crippen LogP contribution in [0.15, 0.2) is 48.5 Å². The Balaban J connectivity index is 2.06. The first-order valence-corrected chi connectivity index (χ1v) is 7.39. The van der Waals surface area contributed by atoms with Gasteiger partial charge < -0.3 is 0 Å². The first-order chi connectivity index (χ1) is 11.4. The molecule has 0 saturated carbocycles. The van der Waals surface area contributed by atoms with Crippen molar-refractivity contribution in [3.05, 3.63) is 64.2 Å². The number of carbonyl (C=O) groups excluding carboxylic acids is 2. The van der Waals surface area contributed by atoms with E-state index in [1.807, 2.05) is 6.92 Å². The number of nitrogens with zero attached hydrogens (tertiary/aromatic N) is 3. The highest BCUT2D eigenvalue weighted by Gasteiger charge is 2.46. The van der Waals surface area contributed by atoms with Crippen LogP contribution in [0.1, 0.15) is 12.5 Å². The van der Waals surface area contributed by atoms with Gasteiger partial charge in [-0.1, -0.05) is 29.8 Å². The number of urea groups is 1. The second-order valence-electron chi connectivity index (χ2n) is 5.58. The van der Waals surface area contributed by atoms with Gasteiger partial charge in [0.05, 0.1) is 10.6 Å². The fourth-order valence-corrected chi connectivity index (χ4v) is 2.73. The first kappa shape index (κ1) is 15.7. The second kappa shape index (κ2) is 5.77. The molecule has 0 spiro atoms. The molecule has 2 aromatic carbocycles. The van der Waals surface area contributed by atoms with Crippen LogP contribution in [0.5, 0.6) is 0 Å². The number of nitro benzene ring substituents is 1. The topological polar surface area (TPSA) is 83.8 Å². The summed E-state index contributed by atoms with van der Waals surface area (Å²) in [7, 11) is 0. The van der Waals surface area contributed by atoms with Gasteiger partial charge in [0.1, 0.15) is 11.7 Å². The van der Waals surface area contributed by atoms with Crippen molar-refractivity contribution in [2.24, 2.45) is 0 Å². The van der Waals surface area contributed by atoms with Crippen LogP contribution in [0.3, 0.4) is 0 Å². The quantitative estimate of drug-likeness (QED) is 0.492. The Hall–Kier alpha value is -3.22. The van der Waals surface area contributed by atoms with Crippen LogP contribution in [0.2, 0.25) is 0 Å². The normalized spacial score (nSPS) is 17.5. The van der Waals surface area contributed by atoms with Gasteiger partial charge in [0.2, 0.25) is 0 Å². The Labute approximate surface area is 138 Å². The summed E-state index contributed by atoms with van der Waals surface area (Å²) in [5, 5.41) is 11.2. The molecule has 1 aliphatic heterocycles. The van der Waals surface area contributed by atoms with Gasteiger partial charge in [-0.15, -0.1) is 0 Å². The number of hydrogen-bond acceptors (Lipinski definition) is 4. The van der Waals surface area contributed by atoms with Crippen molar-refractivity contribution in [2.45, 2.75) is 19.9 Å². The number of para-hydroxylation sites is 2. The zero-order valence-electron chi connectivity index (χ0n) is 13.2. The first-order valence-electron chi connectivity index (χ1n) is 7.39. The fraction of sp³-hybridized carbons (Fsp3) is 0.176. The minimum absolute atomic E-state index is 0.114. The molecule has 7 nitrogen and oxygen atoms in total. The van der Waals surface area contributed by atoms with Crippen LogP contribution in [-0.2, 0) is 4.79 Å². The molecule has 24 heavy (non-hydrogen) atoms. The third kappa shape index (κ3) is 2.40. The molecule has 1 heterocycles. The number of imide groups is 1. The van der Waals surface area contributed by atoms with Crippen molar-refractivity contribution < 1.29 is 14.5 Å². The van der Waals surface area contributed by atoms with Crippen molar-refractivity contribution in [1.82, 2.24) is 0 Å². The van der Waals surface area contributed by atoms with E-state index in [1.165, 1.54) is 23.1 Å². The number of benzene rings is 2. The van der Waals surface area contributed by atoms with Crippen LogP contribution in [-0.4, -0.2) is 22.9 Å². The summed E-state index contributed by atoms with van der Waals surface area (Å²) in [5.74, 6) is -0.415. The summed E-state index contributed by atoms with van der Waals surface area (Å²) in [4.78, 5) is 38.2. The van der Waals surface area contributed by atoms with Gasteiger partial charge in [0, 0.05) is 6.07 Å². The molecule has 0 bridgehead atoms. The highest BCUT2D eigenvalue weighted by Crippen LogP contribution is 2.35. The zero-order valence-corrected chi connectivity index (χ0v) is 13.2. The molecular weight excluding hydrogens is 310 g/mol. The maximum Gasteiger partial charge on any atom is 0.336 e. The summed E-state index contributed by atoms with van der Waals surface area (Å²) >= 11 is 0. The van der Waals surface area contributed by atoms with Crippen LogP contribution in [0.25, 0.3) is 0 Å². The van der Waals surface area contributed by atoms with Gasteiger partial charge in [-0.05, 0) is 32.0 Å². The molecular formula is C17H15N3O4. The number of carbonyl (C=O) groups is 2. The largest absolute Gasteiger partial charge is 0.336 e. The van der Waals surface area contributed by atoms with E-state index in [1.54, 1.807) is 37.3 Å². The SMILES string of the molecule is Cc1ccc(N2C(=O)C(C)N(c3ccccc3[N+](=O)[O-])C2=O)cc1. The molecule has 2 aromatic rings. The maximum atomic E-state index is 12.8. The van der Waals surface area contributed by atoms with Crippen molar-refractivity contribution in [3.8, 4) is 0 Å². The lowest BCUT2D eigenvalue weighted by Gasteiger charge is -2.19. The van der Waals surface area contributed by atoms with Crippen molar-refractivity contribution >= 4 is 29.0 Å². The Bertz CT molecular complexity index is 832. The van der Waals surface area contributed by atoms with Crippen molar-refractivity contribution in [1.29, 1.82) is 0 Å². The van der Waals surface area contributed by atoms with Crippen LogP contribution < -0.4 is 9.80 Å². The smallest absolute Gasteiger partial charge is 0.275 e. The molecule has 0 radical (unpaired) electrons. The minimum Gasteiger partial charge on any atom is -0.275 e. The number of amides is 3. The Morgan fingerprint density at radius 1 is 1.04 bits per heavy atom. The third-order valence-electron chi connectivity index (χ3n) is 3.99. The maximum absolute atomic E-state index is 12.8. The summed E-state index contributed by atoms with van der Waals surface area (Å²) in [6.45, 7) is 3.46. The van der Waals surface area contributed by atoms with E-state index in [0.717, 1.165) is 10.5 Å². The Kier molecular flexibility index (Phi) is 3.76. The Morgan fingerprint density at radius 2 is 1.67 bits per heavy atom. The predicted molar refractivity (Wildman–Crippen MR) is 89.1 cm³/mol. The molecule has 7 heteroatoms. The van der Waals surface area contributed by atoms with Crippen molar-refractivity contribution in [2.75, 3.05) is 9.80 Å². The van der Waals surface area contributed by atoms with Gasteiger partial charge >= 0.3 is 6.03 Å². The average Bonchev–Trinajstić information content (AvgIpc) is 2.78. The highest BCUT2D eigenvalue weighted by atomic mass is 16.6. The molecule has 0 aliphatic carbocycles. The van der Waals surface area contributed by atoms with E-state index in [-0.39, 0.29) is 11.4 Å². The average molecular weight is 325 g/mol. The fourth-order valence-electron chi connectivity index (χ4n) is 2.73. The summed E-state index contributed by atoms with van der Waals surface area (Å²) in [6.07, 6.45) is 0. The standard InChI is InChI=1S/C17H15N3O4/c1-11-7-9-13(10-8-11)19-16(21)12(2)18(17(19)22)14-5-3-4-6-15(14)20(23)24/h3-10,12H,1-2H3. The number of anilines is 2. The van der Waals surface area contributed by atoms with E-state index >= 15 is 0 Å². The summed E-state index contributed by atoms with van der Waals surface area (Å²) < 4.78 is 0. The molecule has 1 aliphatic rings. The molecule has 0 N–H and O–H groups in total. The Morgan fingerprint density at radius 3 is 2.29 bits per heavy atom. The van der Waals surface area contributed by atoms with E-state index in [0.29, 0.717) is 5.69 Å². The lowest BCUT2D eigenvalue weighted by atomic mass is 10.2. The van der Waals surface area contributed by atoms with Crippen LogP contribution in [0.4, 0.5) is 21.9 Å². The molecule has 1 atom stereocenters. The number of hydrogen-bond donors (Lipinski definition) is 0. The lowest BCUT2D eigenvalue weighted by molar-refractivity contribution is -0.384. The van der Waals surface area contributed by atoms with Gasteiger partial charge in [-0.2, -0.15) is 0 Å². The molecule has 1 saturated heterocycles. The number of aryl methyl sites for hydroxylation is 1. The molecule has 1 unspecified atom stereocenters. The zero-order chi connectivity index (χ0) is 17.4. The van der Waals surface area contributed by atoms with Gasteiger partial charge in [-0.3, -0.25) is 19.8 Å². The lowest BCUT2D eigenvalue weighted by Crippen LogP contribution is -2.34. The van der Waals surface area contributed by atoms with Gasteiger partial charge in [0.25, 0.3) is 11.6 Å². The van der Waals surface area contributed by atoms with Crippen molar-refractivity contribution in [3.63, 3.8) is 0 Å². The third-order valence-corrected chi connectivity index (χ3v) is 3.99. The van der Waals surface area contributed by atoms with E-state index < -0.39 is 22.9 Å². The van der Waals surface area contributed by atoms with Crippen LogP contribution >= 0.6 is 0 Å². The predicted octanol–water partition coefficient (Wildman–Crippen LogP) is 3.26. The highest BCUT2D eigenvalue weighted by molar-refractivity contribution is 6.28. The molecule has 1 fully saturated rings. The number of rotatable bonds is 3. The van der Waals surface area contributed by atoms with Gasteiger partial charge in [-0.25, -0.2) is 9.69 Å². The molecule has 0 aromatic heterocycles. The van der Waals surface area contributed by atoms with E-state index in [4.69, 9.17) is 0 Å². The number of nitro groups is 1. The van der Waals surface area contributed by atoms with Gasteiger partial charge in [0.15, 0.2) is 0 Å². The molecule has 122 valence electrons. The summed E-state index contributed by atoms with van der Waals surface area (Å²) in [5.41, 5.74) is 1.35. The van der Waals surface area contributed by atoms with Crippen LogP contribution in [0, 0.1) is 17.0 Å². The minimum atomic E-state index is -0.820. The second-order valence-corrected chi connectivity index (χ2v) is 5.58.